The van der Waals surface area contributed by atoms with E-state index in [2.05, 4.69) is 0 Å². The summed E-state index contributed by atoms with van der Waals surface area (Å²) in [5.41, 5.74) is -0.694. The summed E-state index contributed by atoms with van der Waals surface area (Å²) in [4.78, 5) is 13.8. The van der Waals surface area contributed by atoms with Crippen LogP contribution in [-0.2, 0) is 5.60 Å². The second kappa shape index (κ2) is 5.38. The number of hydrogen-bond acceptors (Lipinski definition) is 2. The molecule has 1 aliphatic heterocycles. The molecule has 0 radical (unpaired) electrons. The molecule has 1 N–H and O–H groups in total. The topological polar surface area (TPSA) is 40.5 Å². The lowest BCUT2D eigenvalue weighted by Gasteiger charge is -2.38. The molecule has 120 valence electrons. The van der Waals surface area contributed by atoms with Gasteiger partial charge in [-0.3, -0.25) is 4.79 Å². The van der Waals surface area contributed by atoms with Gasteiger partial charge in [0, 0.05) is 12.1 Å². The number of benzene rings is 2. The Hall–Kier alpha value is -2.34. The van der Waals surface area contributed by atoms with Crippen molar-refractivity contribution in [3.63, 3.8) is 0 Å². The number of para-hydroxylation sites is 1. The zero-order chi connectivity index (χ0) is 16.8. The smallest absolute Gasteiger partial charge is 0.261 e. The van der Waals surface area contributed by atoms with E-state index in [-0.39, 0.29) is 13.0 Å². The molecule has 0 saturated heterocycles. The number of carbonyl (C=O) groups is 1. The SMILES string of the molecule is CC1(O)CCN(C(=O)c2ccc(F)c(F)c2F)c2ccccc21. The fourth-order valence-corrected chi connectivity index (χ4v) is 2.80. The summed E-state index contributed by atoms with van der Waals surface area (Å²) in [7, 11) is 0. The van der Waals surface area contributed by atoms with Crippen molar-refractivity contribution in [2.45, 2.75) is 18.9 Å². The molecule has 6 heteroatoms. The molecule has 0 fully saturated rings. The van der Waals surface area contributed by atoms with E-state index >= 15 is 0 Å². The van der Waals surface area contributed by atoms with E-state index in [1.807, 2.05) is 0 Å². The van der Waals surface area contributed by atoms with Gasteiger partial charge in [-0.25, -0.2) is 13.2 Å². The molecular formula is C17H14F3NO2. The van der Waals surface area contributed by atoms with Gasteiger partial charge < -0.3 is 10.0 Å². The Morgan fingerprint density at radius 2 is 1.83 bits per heavy atom. The molecule has 0 spiro atoms. The molecule has 1 heterocycles. The molecule has 2 aromatic carbocycles. The van der Waals surface area contributed by atoms with Gasteiger partial charge in [-0.2, -0.15) is 0 Å². The van der Waals surface area contributed by atoms with Gasteiger partial charge in [0.05, 0.1) is 16.9 Å². The van der Waals surface area contributed by atoms with Gasteiger partial charge in [-0.05, 0) is 31.5 Å². The average Bonchev–Trinajstić information content (AvgIpc) is 2.52. The van der Waals surface area contributed by atoms with E-state index in [4.69, 9.17) is 0 Å². The molecule has 1 atom stereocenters. The van der Waals surface area contributed by atoms with Gasteiger partial charge in [-0.15, -0.1) is 0 Å². The molecule has 1 aliphatic rings. The van der Waals surface area contributed by atoms with Gasteiger partial charge in [0.15, 0.2) is 17.5 Å². The fraction of sp³-hybridized carbons (Fsp3) is 0.235. The number of anilines is 1. The predicted octanol–water partition coefficient (Wildman–Crippen LogP) is 3.36. The zero-order valence-electron chi connectivity index (χ0n) is 12.3. The van der Waals surface area contributed by atoms with Crippen LogP contribution in [0.1, 0.15) is 29.3 Å². The van der Waals surface area contributed by atoms with E-state index in [1.165, 1.54) is 4.90 Å². The zero-order valence-corrected chi connectivity index (χ0v) is 12.3. The molecule has 1 amide bonds. The highest BCUT2D eigenvalue weighted by molar-refractivity contribution is 6.07. The van der Waals surface area contributed by atoms with E-state index < -0.39 is 34.5 Å². The molecule has 0 saturated carbocycles. The average molecular weight is 321 g/mol. The quantitative estimate of drug-likeness (QED) is 0.818. The Bertz CT molecular complexity index is 789. The molecule has 2 aromatic rings. The van der Waals surface area contributed by atoms with Crippen LogP contribution in [0, 0.1) is 17.5 Å². The third-order valence-corrected chi connectivity index (χ3v) is 4.11. The van der Waals surface area contributed by atoms with Crippen molar-refractivity contribution in [1.29, 1.82) is 0 Å². The molecule has 3 rings (SSSR count). The summed E-state index contributed by atoms with van der Waals surface area (Å²) in [6, 6.07) is 8.35. The second-order valence-corrected chi connectivity index (χ2v) is 5.72. The third-order valence-electron chi connectivity index (χ3n) is 4.11. The van der Waals surface area contributed by atoms with Gasteiger partial charge in [-0.1, -0.05) is 18.2 Å². The van der Waals surface area contributed by atoms with Crippen LogP contribution < -0.4 is 4.90 Å². The molecule has 1 unspecified atom stereocenters. The van der Waals surface area contributed by atoms with Crippen molar-refractivity contribution in [1.82, 2.24) is 0 Å². The summed E-state index contributed by atoms with van der Waals surface area (Å²) in [5.74, 6) is -5.30. The Morgan fingerprint density at radius 1 is 1.13 bits per heavy atom. The van der Waals surface area contributed by atoms with E-state index in [1.54, 1.807) is 31.2 Å². The second-order valence-electron chi connectivity index (χ2n) is 5.72. The first-order chi connectivity index (χ1) is 10.8. The minimum absolute atomic E-state index is 0.140. The lowest BCUT2D eigenvalue weighted by Crippen LogP contribution is -2.42. The van der Waals surface area contributed by atoms with Crippen molar-refractivity contribution in [3.8, 4) is 0 Å². The molecule has 0 aromatic heterocycles. The predicted molar refractivity (Wildman–Crippen MR) is 78.6 cm³/mol. The monoisotopic (exact) mass is 321 g/mol. The first-order valence-corrected chi connectivity index (χ1v) is 7.10. The van der Waals surface area contributed by atoms with Crippen LogP contribution in [0.25, 0.3) is 0 Å². The van der Waals surface area contributed by atoms with E-state index in [0.717, 1.165) is 12.1 Å². The molecule has 3 nitrogen and oxygen atoms in total. The number of halogens is 3. The summed E-state index contributed by atoms with van der Waals surface area (Å²) in [5, 5.41) is 10.4. The Balaban J connectivity index is 2.07. The fourth-order valence-electron chi connectivity index (χ4n) is 2.80. The van der Waals surface area contributed by atoms with Gasteiger partial charge in [0.1, 0.15) is 0 Å². The normalized spacial score (nSPS) is 20.3. The van der Waals surface area contributed by atoms with E-state index in [9.17, 15) is 23.1 Å². The summed E-state index contributed by atoms with van der Waals surface area (Å²) >= 11 is 0. The first kappa shape index (κ1) is 15.6. The van der Waals surface area contributed by atoms with Crippen LogP contribution >= 0.6 is 0 Å². The van der Waals surface area contributed by atoms with Crippen LogP contribution in [0.2, 0.25) is 0 Å². The molecule has 23 heavy (non-hydrogen) atoms. The van der Waals surface area contributed by atoms with Crippen molar-refractivity contribution in [3.05, 3.63) is 65.0 Å². The first-order valence-electron chi connectivity index (χ1n) is 7.10. The molecule has 0 aliphatic carbocycles. The van der Waals surface area contributed by atoms with Gasteiger partial charge in [0.25, 0.3) is 5.91 Å². The number of hydrogen-bond donors (Lipinski definition) is 1. The maximum atomic E-state index is 13.9. The highest BCUT2D eigenvalue weighted by Crippen LogP contribution is 2.38. The highest BCUT2D eigenvalue weighted by Gasteiger charge is 2.36. The van der Waals surface area contributed by atoms with Crippen molar-refractivity contribution in [2.24, 2.45) is 0 Å². The minimum Gasteiger partial charge on any atom is -0.385 e. The molecule has 0 bridgehead atoms. The molecular weight excluding hydrogens is 307 g/mol. The van der Waals surface area contributed by atoms with Crippen LogP contribution in [0.5, 0.6) is 0 Å². The lowest BCUT2D eigenvalue weighted by atomic mass is 9.87. The van der Waals surface area contributed by atoms with Crippen LogP contribution in [0.3, 0.4) is 0 Å². The third kappa shape index (κ3) is 2.49. The number of amides is 1. The maximum Gasteiger partial charge on any atom is 0.261 e. The lowest BCUT2D eigenvalue weighted by molar-refractivity contribution is 0.0450. The largest absolute Gasteiger partial charge is 0.385 e. The Labute approximate surface area is 131 Å². The maximum absolute atomic E-state index is 13.9. The number of rotatable bonds is 1. The number of aliphatic hydroxyl groups is 1. The van der Waals surface area contributed by atoms with Gasteiger partial charge >= 0.3 is 0 Å². The van der Waals surface area contributed by atoms with Crippen molar-refractivity contribution >= 4 is 11.6 Å². The highest BCUT2D eigenvalue weighted by atomic mass is 19.2. The Kier molecular flexibility index (Phi) is 3.64. The summed E-state index contributed by atoms with van der Waals surface area (Å²) in [6.45, 7) is 1.77. The van der Waals surface area contributed by atoms with Crippen LogP contribution in [-0.4, -0.2) is 17.6 Å². The van der Waals surface area contributed by atoms with Crippen molar-refractivity contribution < 1.29 is 23.1 Å². The van der Waals surface area contributed by atoms with Crippen molar-refractivity contribution in [2.75, 3.05) is 11.4 Å². The Morgan fingerprint density at radius 3 is 2.57 bits per heavy atom. The number of fused-ring (bicyclic) bond motifs is 1. The standard InChI is InChI=1S/C17H14F3NO2/c1-17(23)8-9-21(13-5-3-2-4-11(13)17)16(22)10-6-7-12(18)15(20)14(10)19/h2-7,23H,8-9H2,1H3. The number of nitrogens with zero attached hydrogens (tertiary/aromatic N) is 1. The minimum atomic E-state index is -1.67. The van der Waals surface area contributed by atoms with Gasteiger partial charge in [0.2, 0.25) is 0 Å². The van der Waals surface area contributed by atoms with Crippen LogP contribution in [0.15, 0.2) is 36.4 Å². The summed E-state index contributed by atoms with van der Waals surface area (Å²) in [6.07, 6.45) is 0.251. The number of carbonyl (C=O) groups excluding carboxylic acids is 1. The van der Waals surface area contributed by atoms with E-state index in [0.29, 0.717) is 11.3 Å². The summed E-state index contributed by atoms with van der Waals surface area (Å²) < 4.78 is 40.3. The van der Waals surface area contributed by atoms with Crippen LogP contribution in [0.4, 0.5) is 18.9 Å².